The van der Waals surface area contributed by atoms with Crippen LogP contribution >= 0.6 is 0 Å². The zero-order valence-corrected chi connectivity index (χ0v) is 16.7. The van der Waals surface area contributed by atoms with Crippen LogP contribution < -0.4 is 10.1 Å². The Kier molecular flexibility index (Phi) is 7.28. The zero-order chi connectivity index (χ0) is 19.8. The van der Waals surface area contributed by atoms with Crippen LogP contribution in [0, 0.1) is 11.7 Å². The maximum Gasteiger partial charge on any atom is 0.193 e. The fourth-order valence-corrected chi connectivity index (χ4v) is 3.58. The van der Waals surface area contributed by atoms with Crippen molar-refractivity contribution in [1.82, 2.24) is 19.8 Å². The van der Waals surface area contributed by atoms with E-state index in [0.29, 0.717) is 24.3 Å². The van der Waals surface area contributed by atoms with Gasteiger partial charge in [-0.2, -0.15) is 0 Å². The summed E-state index contributed by atoms with van der Waals surface area (Å²) in [6.07, 6.45) is 8.83. The van der Waals surface area contributed by atoms with E-state index < -0.39 is 0 Å². The summed E-state index contributed by atoms with van der Waals surface area (Å²) in [5, 5.41) is 3.47. The Hall–Kier alpha value is -2.57. The number of aliphatic imine (C=N–C) groups is 1. The third kappa shape index (κ3) is 5.47. The van der Waals surface area contributed by atoms with Crippen molar-refractivity contribution in [2.24, 2.45) is 10.9 Å². The molecule has 0 spiro atoms. The van der Waals surface area contributed by atoms with Gasteiger partial charge in [0.05, 0.1) is 19.0 Å². The fourth-order valence-electron chi connectivity index (χ4n) is 3.58. The van der Waals surface area contributed by atoms with Crippen LogP contribution in [0.5, 0.6) is 5.75 Å². The highest BCUT2D eigenvalue weighted by atomic mass is 19.1. The van der Waals surface area contributed by atoms with Crippen molar-refractivity contribution in [3.05, 3.63) is 48.8 Å². The number of hydrogen-bond acceptors (Lipinski definition) is 3. The lowest BCUT2D eigenvalue weighted by Crippen LogP contribution is -2.49. The summed E-state index contributed by atoms with van der Waals surface area (Å²) in [4.78, 5) is 11.0. The molecule has 1 aliphatic rings. The van der Waals surface area contributed by atoms with E-state index in [1.807, 2.05) is 25.8 Å². The molecule has 0 saturated carbocycles. The Morgan fingerprint density at radius 1 is 1.32 bits per heavy atom. The number of likely N-dealkylation sites (tertiary alicyclic amines) is 1. The van der Waals surface area contributed by atoms with Crippen molar-refractivity contribution in [3.8, 4) is 5.75 Å². The van der Waals surface area contributed by atoms with Gasteiger partial charge in [0, 0.05) is 39.1 Å². The van der Waals surface area contributed by atoms with Crippen LogP contribution in [0.4, 0.5) is 4.39 Å². The molecule has 2 aromatic rings. The maximum atomic E-state index is 12.9. The molecule has 2 atom stereocenters. The number of unbranched alkanes of at least 4 members (excludes halogenated alkanes) is 1. The van der Waals surface area contributed by atoms with Crippen LogP contribution in [0.25, 0.3) is 0 Å². The lowest BCUT2D eigenvalue weighted by molar-refractivity contribution is 0.189. The van der Waals surface area contributed by atoms with E-state index in [1.165, 1.54) is 12.1 Å². The van der Waals surface area contributed by atoms with Gasteiger partial charge in [-0.3, -0.25) is 4.99 Å². The summed E-state index contributed by atoms with van der Waals surface area (Å²) in [5.74, 6) is 2.03. The van der Waals surface area contributed by atoms with Gasteiger partial charge in [-0.05, 0) is 49.4 Å². The number of aromatic nitrogens is 2. The first-order valence-corrected chi connectivity index (χ1v) is 9.99. The quantitative estimate of drug-likeness (QED) is 0.450. The molecule has 152 valence electrons. The van der Waals surface area contributed by atoms with Gasteiger partial charge in [0.25, 0.3) is 0 Å². The second-order valence-electron chi connectivity index (χ2n) is 7.27. The molecule has 28 heavy (non-hydrogen) atoms. The molecule has 1 aromatic carbocycles. The molecular weight excluding hydrogens is 357 g/mol. The van der Waals surface area contributed by atoms with E-state index in [0.717, 1.165) is 44.9 Å². The van der Waals surface area contributed by atoms with Crippen LogP contribution in [-0.2, 0) is 0 Å². The first-order valence-electron chi connectivity index (χ1n) is 9.99. The average molecular weight is 388 g/mol. The van der Waals surface area contributed by atoms with Crippen molar-refractivity contribution in [2.45, 2.75) is 32.2 Å². The van der Waals surface area contributed by atoms with Gasteiger partial charge in [0.15, 0.2) is 5.96 Å². The van der Waals surface area contributed by atoms with Crippen LogP contribution in [-0.4, -0.2) is 53.7 Å². The molecule has 7 heteroatoms. The fraction of sp³-hybridized carbons (Fsp3) is 0.524. The van der Waals surface area contributed by atoms with Crippen molar-refractivity contribution >= 4 is 5.96 Å². The summed E-state index contributed by atoms with van der Waals surface area (Å²) in [6.45, 7) is 5.72. The van der Waals surface area contributed by atoms with Gasteiger partial charge in [-0.25, -0.2) is 9.37 Å². The van der Waals surface area contributed by atoms with Crippen molar-refractivity contribution < 1.29 is 9.13 Å². The number of nitrogens with one attached hydrogen (secondary N) is 1. The summed E-state index contributed by atoms with van der Waals surface area (Å²) >= 11 is 0. The molecule has 3 rings (SSSR count). The highest BCUT2D eigenvalue weighted by molar-refractivity contribution is 5.80. The number of imidazole rings is 1. The van der Waals surface area contributed by atoms with E-state index >= 15 is 0 Å². The largest absolute Gasteiger partial charge is 0.494 e. The summed E-state index contributed by atoms with van der Waals surface area (Å²) in [6, 6.07) is 6.56. The van der Waals surface area contributed by atoms with Gasteiger partial charge < -0.3 is 19.5 Å². The molecule has 1 fully saturated rings. The van der Waals surface area contributed by atoms with Crippen molar-refractivity contribution in [3.63, 3.8) is 0 Å². The molecule has 0 bridgehead atoms. The minimum atomic E-state index is -0.245. The monoisotopic (exact) mass is 387 g/mol. The SMILES string of the molecule is CN=C(NCCCCOc1ccc(F)cc1)N1CCC(C)C(n2ccnc2)C1. The normalized spacial score (nSPS) is 20.2. The molecule has 0 amide bonds. The number of ether oxygens (including phenoxy) is 1. The molecule has 2 unspecified atom stereocenters. The second-order valence-corrected chi connectivity index (χ2v) is 7.27. The Bertz CT molecular complexity index is 732. The number of nitrogens with zero attached hydrogens (tertiary/aromatic N) is 4. The topological polar surface area (TPSA) is 54.7 Å². The average Bonchev–Trinajstić information content (AvgIpc) is 3.24. The number of rotatable bonds is 7. The van der Waals surface area contributed by atoms with E-state index in [4.69, 9.17) is 4.74 Å². The summed E-state index contributed by atoms with van der Waals surface area (Å²) < 4.78 is 20.7. The highest BCUT2D eigenvalue weighted by Gasteiger charge is 2.28. The predicted molar refractivity (Wildman–Crippen MR) is 109 cm³/mol. The first kappa shape index (κ1) is 20.2. The predicted octanol–water partition coefficient (Wildman–Crippen LogP) is 3.34. The third-order valence-electron chi connectivity index (χ3n) is 5.27. The van der Waals surface area contributed by atoms with E-state index in [9.17, 15) is 4.39 Å². The van der Waals surface area contributed by atoms with Crippen molar-refractivity contribution in [1.29, 1.82) is 0 Å². The number of halogens is 1. The molecular formula is C21H30FN5O. The Morgan fingerprint density at radius 3 is 2.86 bits per heavy atom. The van der Waals surface area contributed by atoms with Gasteiger partial charge in [-0.1, -0.05) is 6.92 Å². The van der Waals surface area contributed by atoms with E-state index in [-0.39, 0.29) is 5.82 Å². The number of hydrogen-bond donors (Lipinski definition) is 1. The van der Waals surface area contributed by atoms with Crippen LogP contribution in [0.1, 0.15) is 32.2 Å². The zero-order valence-electron chi connectivity index (χ0n) is 16.7. The maximum absolute atomic E-state index is 12.9. The van der Waals surface area contributed by atoms with Crippen molar-refractivity contribution in [2.75, 3.05) is 33.3 Å². The molecule has 6 nitrogen and oxygen atoms in total. The van der Waals surface area contributed by atoms with E-state index in [1.54, 1.807) is 12.1 Å². The Labute approximate surface area is 166 Å². The Morgan fingerprint density at radius 2 is 2.14 bits per heavy atom. The standard InChI is InChI=1S/C21H30FN5O/c1-17-9-12-26(15-20(17)27-13-11-24-16-27)21(23-2)25-10-3-4-14-28-19-7-5-18(22)6-8-19/h5-8,11,13,16-17,20H,3-4,9-10,12,14-15H2,1-2H3,(H,23,25). The molecule has 1 aromatic heterocycles. The van der Waals surface area contributed by atoms with Crippen LogP contribution in [0.3, 0.4) is 0 Å². The van der Waals surface area contributed by atoms with Crippen LogP contribution in [0.2, 0.25) is 0 Å². The van der Waals surface area contributed by atoms with Crippen LogP contribution in [0.15, 0.2) is 48.0 Å². The molecule has 1 N–H and O–H groups in total. The molecule has 1 aliphatic heterocycles. The number of benzene rings is 1. The van der Waals surface area contributed by atoms with E-state index in [2.05, 4.69) is 31.7 Å². The third-order valence-corrected chi connectivity index (χ3v) is 5.27. The molecule has 0 aliphatic carbocycles. The summed E-state index contributed by atoms with van der Waals surface area (Å²) in [5.41, 5.74) is 0. The van der Waals surface area contributed by atoms with Gasteiger partial charge in [-0.15, -0.1) is 0 Å². The van der Waals surface area contributed by atoms with Gasteiger partial charge >= 0.3 is 0 Å². The number of piperidine rings is 1. The lowest BCUT2D eigenvalue weighted by atomic mass is 9.93. The number of guanidine groups is 1. The summed E-state index contributed by atoms with van der Waals surface area (Å²) in [7, 11) is 1.84. The Balaban J connectivity index is 1.39. The van der Waals surface area contributed by atoms with Gasteiger partial charge in [0.1, 0.15) is 11.6 Å². The molecule has 1 saturated heterocycles. The highest BCUT2D eigenvalue weighted by Crippen LogP contribution is 2.27. The smallest absolute Gasteiger partial charge is 0.193 e. The molecule has 0 radical (unpaired) electrons. The minimum absolute atomic E-state index is 0.245. The first-order chi connectivity index (χ1) is 13.7. The molecule has 2 heterocycles. The second kappa shape index (κ2) is 10.1. The lowest BCUT2D eigenvalue weighted by Gasteiger charge is -2.39. The minimum Gasteiger partial charge on any atom is -0.494 e. The van der Waals surface area contributed by atoms with Gasteiger partial charge in [0.2, 0.25) is 0 Å².